The van der Waals surface area contributed by atoms with Crippen molar-refractivity contribution in [1.82, 2.24) is 4.90 Å². The molecule has 2 fully saturated rings. The first-order valence-corrected chi connectivity index (χ1v) is 7.22. The van der Waals surface area contributed by atoms with Crippen molar-refractivity contribution in [3.05, 3.63) is 0 Å². The smallest absolute Gasteiger partial charge is 0.241 e. The van der Waals surface area contributed by atoms with Gasteiger partial charge in [-0.05, 0) is 37.5 Å². The summed E-state index contributed by atoms with van der Waals surface area (Å²) in [5.41, 5.74) is 6.10. The molecule has 1 amide bonds. The number of carbonyl (C=O) groups is 1. The predicted octanol–water partition coefficient (Wildman–Crippen LogP) is 0.625. The van der Waals surface area contributed by atoms with Crippen LogP contribution in [0.5, 0.6) is 0 Å². The first kappa shape index (κ1) is 14.3. The minimum atomic E-state index is -0.581. The van der Waals surface area contributed by atoms with Crippen molar-refractivity contribution >= 4 is 5.91 Å². The number of carbonyl (C=O) groups excluding carboxylic acids is 1. The highest BCUT2D eigenvalue weighted by Gasteiger charge is 2.55. The zero-order valence-electron chi connectivity index (χ0n) is 11.5. The lowest BCUT2D eigenvalue weighted by Crippen LogP contribution is -2.50. The summed E-state index contributed by atoms with van der Waals surface area (Å²) in [7, 11) is 0. The summed E-state index contributed by atoms with van der Waals surface area (Å²) in [4.78, 5) is 14.2. The molecule has 0 radical (unpaired) electrons. The molecule has 2 rings (SSSR count). The van der Waals surface area contributed by atoms with Gasteiger partial charge in [-0.15, -0.1) is 0 Å². The number of hydrogen-bond acceptors (Lipinski definition) is 4. The quantitative estimate of drug-likeness (QED) is 0.737. The van der Waals surface area contributed by atoms with E-state index >= 15 is 0 Å². The van der Waals surface area contributed by atoms with Gasteiger partial charge in [-0.25, -0.2) is 0 Å². The van der Waals surface area contributed by atoms with Crippen molar-refractivity contribution in [2.45, 2.75) is 57.2 Å². The second-order valence-electron chi connectivity index (χ2n) is 5.78. The third kappa shape index (κ3) is 2.75. The molecule has 5 unspecified atom stereocenters. The monoisotopic (exact) mass is 265 g/mol. The third-order valence-corrected chi connectivity index (χ3v) is 4.46. The second kappa shape index (κ2) is 5.89. The maximum Gasteiger partial charge on any atom is 0.241 e. The van der Waals surface area contributed by atoms with Crippen LogP contribution in [0.2, 0.25) is 0 Å². The van der Waals surface area contributed by atoms with E-state index < -0.39 is 6.04 Å². The molecule has 1 saturated carbocycles. The van der Waals surface area contributed by atoms with Crippen LogP contribution in [0.3, 0.4) is 0 Å². The van der Waals surface area contributed by atoms with Gasteiger partial charge in [0.15, 0.2) is 0 Å². The summed E-state index contributed by atoms with van der Waals surface area (Å²) in [5.74, 6) is 0.436. The molecule has 5 heteroatoms. The van der Waals surface area contributed by atoms with Crippen LogP contribution in [-0.4, -0.2) is 40.6 Å². The van der Waals surface area contributed by atoms with Crippen LogP contribution in [0.25, 0.3) is 0 Å². The fourth-order valence-electron chi connectivity index (χ4n) is 3.30. The van der Waals surface area contributed by atoms with Gasteiger partial charge in [-0.1, -0.05) is 13.3 Å². The van der Waals surface area contributed by atoms with Gasteiger partial charge in [0, 0.05) is 12.6 Å². The van der Waals surface area contributed by atoms with Gasteiger partial charge in [0.2, 0.25) is 5.91 Å². The molecule has 1 heterocycles. The van der Waals surface area contributed by atoms with Crippen molar-refractivity contribution in [1.29, 1.82) is 5.26 Å². The standard InChI is InChI=1S/C14H23N3O2/c1-2-3-9(4-5-18)13(16)14(19)17-11(8-15)6-10-7-12(10)17/h9-13,18H,2-7,16H2,1H3. The first-order chi connectivity index (χ1) is 9.13. The van der Waals surface area contributed by atoms with Crippen molar-refractivity contribution in [3.63, 3.8) is 0 Å². The molecule has 2 aliphatic rings. The van der Waals surface area contributed by atoms with Gasteiger partial charge < -0.3 is 15.7 Å². The topological polar surface area (TPSA) is 90.3 Å². The Hall–Kier alpha value is -1.12. The van der Waals surface area contributed by atoms with Gasteiger partial charge >= 0.3 is 0 Å². The van der Waals surface area contributed by atoms with Crippen molar-refractivity contribution in [2.24, 2.45) is 17.6 Å². The molecule has 5 nitrogen and oxygen atoms in total. The summed E-state index contributed by atoms with van der Waals surface area (Å²) in [6.45, 7) is 2.10. The highest BCUT2D eigenvalue weighted by Crippen LogP contribution is 2.48. The van der Waals surface area contributed by atoms with Crippen LogP contribution in [0.1, 0.15) is 39.0 Å². The lowest BCUT2D eigenvalue weighted by atomic mass is 9.91. The largest absolute Gasteiger partial charge is 0.396 e. The minimum Gasteiger partial charge on any atom is -0.396 e. The molecular weight excluding hydrogens is 242 g/mol. The van der Waals surface area contributed by atoms with Crippen molar-refractivity contribution in [3.8, 4) is 6.07 Å². The van der Waals surface area contributed by atoms with Crippen LogP contribution in [0.4, 0.5) is 0 Å². The Morgan fingerprint density at radius 3 is 2.84 bits per heavy atom. The molecule has 1 saturated heterocycles. The fraction of sp³-hybridized carbons (Fsp3) is 0.857. The molecule has 3 N–H and O–H groups in total. The summed E-state index contributed by atoms with van der Waals surface area (Å²) < 4.78 is 0. The summed E-state index contributed by atoms with van der Waals surface area (Å²) in [6.07, 6.45) is 4.17. The number of hydrogen-bond donors (Lipinski definition) is 2. The SMILES string of the molecule is CCCC(CCO)C(N)C(=O)N1C(C#N)CC2CC21. The number of nitrogens with zero attached hydrogens (tertiary/aromatic N) is 2. The van der Waals surface area contributed by atoms with Crippen LogP contribution >= 0.6 is 0 Å². The number of rotatable bonds is 6. The highest BCUT2D eigenvalue weighted by atomic mass is 16.3. The highest BCUT2D eigenvalue weighted by molar-refractivity contribution is 5.83. The van der Waals surface area contributed by atoms with Crippen molar-refractivity contribution in [2.75, 3.05) is 6.61 Å². The molecule has 0 aromatic carbocycles. The zero-order valence-corrected chi connectivity index (χ0v) is 11.5. The van der Waals surface area contributed by atoms with Gasteiger partial charge in [0.1, 0.15) is 6.04 Å². The van der Waals surface area contributed by atoms with E-state index in [1.165, 1.54) is 0 Å². The average Bonchev–Trinajstić information content (AvgIpc) is 3.08. The lowest BCUT2D eigenvalue weighted by molar-refractivity contribution is -0.135. The molecule has 0 bridgehead atoms. The fourth-order valence-corrected chi connectivity index (χ4v) is 3.30. The molecule has 1 aliphatic carbocycles. The molecule has 0 aromatic rings. The number of amides is 1. The van der Waals surface area contributed by atoms with Gasteiger partial charge in [0.05, 0.1) is 12.1 Å². The zero-order chi connectivity index (χ0) is 14.0. The van der Waals surface area contributed by atoms with E-state index in [4.69, 9.17) is 16.1 Å². The number of fused-ring (bicyclic) bond motifs is 1. The van der Waals surface area contributed by atoms with Crippen LogP contribution in [0, 0.1) is 23.2 Å². The molecule has 1 aliphatic heterocycles. The number of aliphatic hydroxyl groups excluding tert-OH is 1. The number of nitrogens with two attached hydrogens (primary N) is 1. The van der Waals surface area contributed by atoms with Crippen LogP contribution in [-0.2, 0) is 4.79 Å². The van der Waals surface area contributed by atoms with E-state index in [9.17, 15) is 4.79 Å². The maximum atomic E-state index is 12.5. The van der Waals surface area contributed by atoms with E-state index in [-0.39, 0.29) is 30.5 Å². The van der Waals surface area contributed by atoms with Gasteiger partial charge in [0.25, 0.3) is 0 Å². The maximum absolute atomic E-state index is 12.5. The van der Waals surface area contributed by atoms with Gasteiger partial charge in [-0.3, -0.25) is 4.79 Å². The molecule has 5 atom stereocenters. The average molecular weight is 265 g/mol. The van der Waals surface area contributed by atoms with E-state index in [1.54, 1.807) is 4.90 Å². The Morgan fingerprint density at radius 2 is 2.26 bits per heavy atom. The molecule has 19 heavy (non-hydrogen) atoms. The molecular formula is C14H23N3O2. The molecule has 0 spiro atoms. The lowest BCUT2D eigenvalue weighted by Gasteiger charge is -2.29. The summed E-state index contributed by atoms with van der Waals surface area (Å²) in [6, 6.07) is 1.59. The number of piperidine rings is 1. The number of likely N-dealkylation sites (tertiary alicyclic amines) is 1. The number of aliphatic hydroxyl groups is 1. The van der Waals surface area contributed by atoms with E-state index in [0.29, 0.717) is 12.3 Å². The number of nitriles is 1. The minimum absolute atomic E-state index is 0.0136. The third-order valence-electron chi connectivity index (χ3n) is 4.46. The van der Waals surface area contributed by atoms with Gasteiger partial charge in [-0.2, -0.15) is 5.26 Å². The summed E-state index contributed by atoms with van der Waals surface area (Å²) in [5, 5.41) is 18.2. The van der Waals surface area contributed by atoms with E-state index in [0.717, 1.165) is 25.7 Å². The molecule has 0 aromatic heterocycles. The molecule has 106 valence electrons. The second-order valence-corrected chi connectivity index (χ2v) is 5.78. The Labute approximate surface area is 114 Å². The van der Waals surface area contributed by atoms with Crippen LogP contribution < -0.4 is 5.73 Å². The van der Waals surface area contributed by atoms with E-state index in [2.05, 4.69) is 6.07 Å². The van der Waals surface area contributed by atoms with Crippen molar-refractivity contribution < 1.29 is 9.90 Å². The Kier molecular flexibility index (Phi) is 4.43. The normalized spacial score (nSPS) is 31.5. The first-order valence-electron chi connectivity index (χ1n) is 7.22. The Morgan fingerprint density at radius 1 is 1.53 bits per heavy atom. The van der Waals surface area contributed by atoms with E-state index in [1.807, 2.05) is 6.92 Å². The predicted molar refractivity (Wildman–Crippen MR) is 70.8 cm³/mol. The summed E-state index contributed by atoms with van der Waals surface area (Å²) >= 11 is 0. The Bertz CT molecular complexity index is 373. The van der Waals surface area contributed by atoms with Crippen LogP contribution in [0.15, 0.2) is 0 Å². The Balaban J connectivity index is 2.03.